The number of hydrogen-bond donors (Lipinski definition) is 2. The predicted molar refractivity (Wildman–Crippen MR) is 82.9 cm³/mol. The second kappa shape index (κ2) is 6.31. The molecular weight excluding hydrogens is 266 g/mol. The van der Waals surface area contributed by atoms with Gasteiger partial charge in [-0.1, -0.05) is 32.0 Å². The number of hydrogen-bond acceptors (Lipinski definition) is 3. The Morgan fingerprint density at radius 1 is 1.33 bits per heavy atom. The Labute approximate surface area is 125 Å². The van der Waals surface area contributed by atoms with E-state index in [9.17, 15) is 9.90 Å². The fraction of sp³-hybridized carbons (Fsp3) is 0.471. The number of benzene rings is 1. The largest absolute Gasteiger partial charge is 0.458 e. The van der Waals surface area contributed by atoms with Crippen LogP contribution in [0.4, 0.5) is 0 Å². The van der Waals surface area contributed by atoms with Crippen molar-refractivity contribution in [2.24, 2.45) is 5.92 Å². The Kier molecular flexibility index (Phi) is 4.68. The maximum absolute atomic E-state index is 12.0. The molecule has 0 spiro atoms. The first-order chi connectivity index (χ1) is 9.97. The van der Waals surface area contributed by atoms with Crippen LogP contribution in [-0.2, 0) is 10.4 Å². The molecule has 0 saturated heterocycles. The van der Waals surface area contributed by atoms with Crippen LogP contribution in [0.25, 0.3) is 11.0 Å². The highest BCUT2D eigenvalue weighted by Gasteiger charge is 2.29. The third-order valence-corrected chi connectivity index (χ3v) is 3.92. The van der Waals surface area contributed by atoms with Gasteiger partial charge in [-0.25, -0.2) is 0 Å². The normalized spacial score (nSPS) is 14.3. The molecule has 0 aliphatic carbocycles. The van der Waals surface area contributed by atoms with Gasteiger partial charge in [0.15, 0.2) is 0 Å². The lowest BCUT2D eigenvalue weighted by Crippen LogP contribution is -2.40. The molecule has 1 unspecified atom stereocenters. The van der Waals surface area contributed by atoms with Crippen LogP contribution >= 0.6 is 0 Å². The summed E-state index contributed by atoms with van der Waals surface area (Å²) in [5.41, 5.74) is -0.486. The van der Waals surface area contributed by atoms with Gasteiger partial charge >= 0.3 is 0 Å². The molecule has 21 heavy (non-hydrogen) atoms. The average molecular weight is 289 g/mol. The molecule has 0 aliphatic rings. The molecule has 0 saturated carbocycles. The van der Waals surface area contributed by atoms with Crippen LogP contribution in [0, 0.1) is 5.92 Å². The van der Waals surface area contributed by atoms with Crippen LogP contribution in [-0.4, -0.2) is 17.6 Å². The highest BCUT2D eigenvalue weighted by atomic mass is 16.4. The van der Waals surface area contributed by atoms with Crippen LogP contribution < -0.4 is 5.32 Å². The van der Waals surface area contributed by atoms with Gasteiger partial charge < -0.3 is 14.8 Å². The molecule has 4 heteroatoms. The van der Waals surface area contributed by atoms with Crippen LogP contribution in [0.5, 0.6) is 0 Å². The highest BCUT2D eigenvalue weighted by molar-refractivity contribution is 5.79. The maximum atomic E-state index is 12.0. The number of furan rings is 1. The standard InChI is InChI=1S/C17H23NO3/c1-4-12(5-2)16(19)18-11-17(3,20)15-10-13-8-6-7-9-14(13)21-15/h6-10,12,20H,4-5,11H2,1-3H3,(H,18,19). The van der Waals surface area contributed by atoms with Crippen molar-refractivity contribution in [2.45, 2.75) is 39.2 Å². The van der Waals surface area contributed by atoms with E-state index in [0.29, 0.717) is 5.76 Å². The highest BCUT2D eigenvalue weighted by Crippen LogP contribution is 2.27. The number of rotatable bonds is 6. The molecule has 0 fully saturated rings. The van der Waals surface area contributed by atoms with Gasteiger partial charge in [0, 0.05) is 11.3 Å². The zero-order valence-electron chi connectivity index (χ0n) is 12.8. The molecule has 1 heterocycles. The maximum Gasteiger partial charge on any atom is 0.223 e. The lowest BCUT2D eigenvalue weighted by Gasteiger charge is -2.22. The van der Waals surface area contributed by atoms with Gasteiger partial charge in [-0.3, -0.25) is 4.79 Å². The summed E-state index contributed by atoms with van der Waals surface area (Å²) in [6.45, 7) is 5.77. The minimum absolute atomic E-state index is 0.00327. The lowest BCUT2D eigenvalue weighted by atomic mass is 10.00. The van der Waals surface area contributed by atoms with E-state index in [2.05, 4.69) is 5.32 Å². The number of amides is 1. The fourth-order valence-corrected chi connectivity index (χ4v) is 2.40. The third kappa shape index (κ3) is 3.45. The molecule has 1 amide bonds. The molecule has 114 valence electrons. The van der Waals surface area contributed by atoms with Crippen LogP contribution in [0.15, 0.2) is 34.7 Å². The second-order valence-electron chi connectivity index (χ2n) is 5.65. The summed E-state index contributed by atoms with van der Waals surface area (Å²) in [4.78, 5) is 12.0. The molecule has 2 aromatic rings. The summed E-state index contributed by atoms with van der Waals surface area (Å²) in [7, 11) is 0. The van der Waals surface area contributed by atoms with Crippen LogP contribution in [0.3, 0.4) is 0 Å². The number of aliphatic hydroxyl groups is 1. The quantitative estimate of drug-likeness (QED) is 0.858. The van der Waals surface area contributed by atoms with Crippen molar-refractivity contribution in [3.63, 3.8) is 0 Å². The Balaban J connectivity index is 2.09. The first-order valence-corrected chi connectivity index (χ1v) is 7.47. The monoisotopic (exact) mass is 289 g/mol. The number of carbonyl (C=O) groups excluding carboxylic acids is 1. The zero-order valence-corrected chi connectivity index (χ0v) is 12.8. The fourth-order valence-electron chi connectivity index (χ4n) is 2.40. The molecule has 2 rings (SSSR count). The summed E-state index contributed by atoms with van der Waals surface area (Å²) < 4.78 is 5.68. The zero-order chi connectivity index (χ0) is 15.5. The Bertz CT molecular complexity index is 578. The van der Waals surface area contributed by atoms with Gasteiger partial charge in [0.05, 0.1) is 6.54 Å². The molecule has 0 aliphatic heterocycles. The minimum Gasteiger partial charge on any atom is -0.458 e. The smallest absolute Gasteiger partial charge is 0.223 e. The first kappa shape index (κ1) is 15.6. The average Bonchev–Trinajstić information content (AvgIpc) is 2.91. The molecule has 1 aromatic heterocycles. The van der Waals surface area contributed by atoms with E-state index in [-0.39, 0.29) is 18.4 Å². The SMILES string of the molecule is CCC(CC)C(=O)NCC(C)(O)c1cc2ccccc2o1. The topological polar surface area (TPSA) is 62.5 Å². The predicted octanol–water partition coefficient (Wildman–Crippen LogP) is 3.19. The number of nitrogens with one attached hydrogen (secondary N) is 1. The van der Waals surface area contributed by atoms with Crippen molar-refractivity contribution < 1.29 is 14.3 Å². The minimum atomic E-state index is -1.22. The van der Waals surface area contributed by atoms with Crippen molar-refractivity contribution in [1.82, 2.24) is 5.32 Å². The molecule has 0 radical (unpaired) electrons. The molecule has 0 bridgehead atoms. The van der Waals surface area contributed by atoms with E-state index >= 15 is 0 Å². The van der Waals surface area contributed by atoms with Gasteiger partial charge in [-0.05, 0) is 31.9 Å². The molecular formula is C17H23NO3. The Morgan fingerprint density at radius 2 is 2.00 bits per heavy atom. The first-order valence-electron chi connectivity index (χ1n) is 7.47. The van der Waals surface area contributed by atoms with E-state index in [1.54, 1.807) is 6.92 Å². The number of carbonyl (C=O) groups is 1. The van der Waals surface area contributed by atoms with E-state index in [4.69, 9.17) is 4.42 Å². The van der Waals surface area contributed by atoms with Gasteiger partial charge in [0.1, 0.15) is 16.9 Å². The summed E-state index contributed by atoms with van der Waals surface area (Å²) in [6.07, 6.45) is 1.60. The molecule has 2 N–H and O–H groups in total. The van der Waals surface area contributed by atoms with Gasteiger partial charge in [-0.2, -0.15) is 0 Å². The van der Waals surface area contributed by atoms with E-state index in [0.717, 1.165) is 23.8 Å². The van der Waals surface area contributed by atoms with Crippen molar-refractivity contribution in [1.29, 1.82) is 0 Å². The number of fused-ring (bicyclic) bond motifs is 1. The lowest BCUT2D eigenvalue weighted by molar-refractivity contribution is -0.126. The van der Waals surface area contributed by atoms with Crippen LogP contribution in [0.2, 0.25) is 0 Å². The van der Waals surface area contributed by atoms with Gasteiger partial charge in [0.25, 0.3) is 0 Å². The molecule has 1 aromatic carbocycles. The third-order valence-electron chi connectivity index (χ3n) is 3.92. The van der Waals surface area contributed by atoms with Crippen molar-refractivity contribution in [3.05, 3.63) is 36.1 Å². The van der Waals surface area contributed by atoms with Crippen LogP contribution in [0.1, 0.15) is 39.4 Å². The van der Waals surface area contributed by atoms with Crippen molar-refractivity contribution in [2.75, 3.05) is 6.54 Å². The number of para-hydroxylation sites is 1. The van der Waals surface area contributed by atoms with E-state index in [1.165, 1.54) is 0 Å². The van der Waals surface area contributed by atoms with E-state index < -0.39 is 5.60 Å². The molecule has 4 nitrogen and oxygen atoms in total. The van der Waals surface area contributed by atoms with Crippen molar-refractivity contribution in [3.8, 4) is 0 Å². The summed E-state index contributed by atoms with van der Waals surface area (Å²) in [6, 6.07) is 9.42. The van der Waals surface area contributed by atoms with Gasteiger partial charge in [-0.15, -0.1) is 0 Å². The molecule has 1 atom stereocenters. The summed E-state index contributed by atoms with van der Waals surface area (Å²) in [5, 5.41) is 14.3. The Morgan fingerprint density at radius 3 is 2.62 bits per heavy atom. The summed E-state index contributed by atoms with van der Waals surface area (Å²) in [5.74, 6) is 0.446. The Hall–Kier alpha value is -1.81. The second-order valence-corrected chi connectivity index (χ2v) is 5.65. The van der Waals surface area contributed by atoms with Gasteiger partial charge in [0.2, 0.25) is 5.91 Å². The van der Waals surface area contributed by atoms with Crippen molar-refractivity contribution >= 4 is 16.9 Å². The summed E-state index contributed by atoms with van der Waals surface area (Å²) >= 11 is 0. The van der Waals surface area contributed by atoms with E-state index in [1.807, 2.05) is 44.2 Å².